The second-order valence-electron chi connectivity index (χ2n) is 5.99. The number of rotatable bonds is 2. The molecule has 126 valence electrons. The van der Waals surface area contributed by atoms with E-state index in [2.05, 4.69) is 16.0 Å². The fourth-order valence-corrected chi connectivity index (χ4v) is 3.24. The van der Waals surface area contributed by atoms with Gasteiger partial charge in [0.05, 0.1) is 18.0 Å². The van der Waals surface area contributed by atoms with Crippen LogP contribution in [0.2, 0.25) is 0 Å². The maximum absolute atomic E-state index is 12.3. The second-order valence-corrected chi connectivity index (χ2v) is 5.99. The van der Waals surface area contributed by atoms with E-state index < -0.39 is 11.8 Å². The highest BCUT2D eigenvalue weighted by Crippen LogP contribution is 2.39. The number of aromatic amines is 1. The summed E-state index contributed by atoms with van der Waals surface area (Å²) in [6.45, 7) is 0. The summed E-state index contributed by atoms with van der Waals surface area (Å²) in [5.74, 6) is -1.59. The Balaban J connectivity index is 1.82. The number of aromatic nitrogens is 2. The predicted molar refractivity (Wildman–Crippen MR) is 96.0 cm³/mol. The molecular formula is C20H14N4O2. The highest BCUT2D eigenvalue weighted by Gasteiger charge is 2.39. The van der Waals surface area contributed by atoms with Gasteiger partial charge in [-0.25, -0.2) is 4.98 Å². The van der Waals surface area contributed by atoms with Crippen LogP contribution in [-0.2, 0) is 0 Å². The first-order valence-electron chi connectivity index (χ1n) is 8.08. The van der Waals surface area contributed by atoms with E-state index >= 15 is 0 Å². The van der Waals surface area contributed by atoms with Crippen molar-refractivity contribution in [3.05, 3.63) is 82.4 Å². The van der Waals surface area contributed by atoms with E-state index in [1.807, 2.05) is 54.6 Å². The number of ether oxygens (including phenoxy) is 1. The molecule has 1 aliphatic rings. The van der Waals surface area contributed by atoms with E-state index in [1.54, 1.807) is 0 Å². The summed E-state index contributed by atoms with van der Waals surface area (Å²) in [5, 5.41) is 17.5. The minimum Gasteiger partial charge on any atom is -0.423 e. The molecule has 0 amide bonds. The molecular weight excluding hydrogens is 328 g/mol. The summed E-state index contributed by atoms with van der Waals surface area (Å²) in [5.41, 5.74) is 2.80. The number of nitrogens with zero attached hydrogens (tertiary/aromatic N) is 2. The van der Waals surface area contributed by atoms with Crippen molar-refractivity contribution >= 4 is 5.90 Å². The van der Waals surface area contributed by atoms with Gasteiger partial charge in [-0.05, 0) is 16.7 Å². The predicted octanol–water partition coefficient (Wildman–Crippen LogP) is 3.08. The lowest BCUT2D eigenvalue weighted by atomic mass is 9.80. The summed E-state index contributed by atoms with van der Waals surface area (Å²) in [4.78, 5) is 18.9. The average Bonchev–Trinajstić information content (AvgIpc) is 2.68. The van der Waals surface area contributed by atoms with Crippen molar-refractivity contribution in [2.24, 2.45) is 5.92 Å². The molecule has 26 heavy (non-hydrogen) atoms. The molecule has 2 aromatic carbocycles. The Hall–Kier alpha value is -3.72. The van der Waals surface area contributed by atoms with Crippen LogP contribution < -0.4 is 10.3 Å². The van der Waals surface area contributed by atoms with E-state index in [1.165, 1.54) is 6.33 Å². The third kappa shape index (κ3) is 2.56. The fourth-order valence-electron chi connectivity index (χ4n) is 3.24. The zero-order chi connectivity index (χ0) is 18.1. The van der Waals surface area contributed by atoms with E-state index in [-0.39, 0.29) is 22.9 Å². The molecule has 1 aromatic heterocycles. The van der Waals surface area contributed by atoms with Crippen LogP contribution >= 0.6 is 0 Å². The molecule has 0 fully saturated rings. The zero-order valence-corrected chi connectivity index (χ0v) is 13.6. The Kier molecular flexibility index (Phi) is 3.82. The summed E-state index contributed by atoms with van der Waals surface area (Å²) < 4.78 is 5.29. The summed E-state index contributed by atoms with van der Waals surface area (Å²) in [6, 6.07) is 19.7. The minimum atomic E-state index is -0.879. The number of nitrogens with one attached hydrogen (secondary N) is 2. The van der Waals surface area contributed by atoms with Gasteiger partial charge >= 0.3 is 0 Å². The lowest BCUT2D eigenvalue weighted by molar-refractivity contribution is 0.429. The van der Waals surface area contributed by atoms with Crippen molar-refractivity contribution in [2.45, 2.75) is 5.92 Å². The average molecular weight is 342 g/mol. The Labute approximate surface area is 149 Å². The molecule has 6 nitrogen and oxygen atoms in total. The number of H-pyrrole nitrogens is 1. The van der Waals surface area contributed by atoms with Crippen molar-refractivity contribution < 1.29 is 4.74 Å². The molecule has 2 atom stereocenters. The molecule has 4 rings (SSSR count). The van der Waals surface area contributed by atoms with Gasteiger partial charge in [-0.3, -0.25) is 10.2 Å². The Bertz CT molecular complexity index is 1070. The minimum absolute atomic E-state index is 0.0855. The van der Waals surface area contributed by atoms with Gasteiger partial charge in [-0.1, -0.05) is 54.6 Å². The van der Waals surface area contributed by atoms with E-state index in [9.17, 15) is 10.1 Å². The quantitative estimate of drug-likeness (QED) is 0.747. The molecule has 3 aromatic rings. The fraction of sp³-hybridized carbons (Fsp3) is 0.100. The summed E-state index contributed by atoms with van der Waals surface area (Å²) in [6.07, 6.45) is 1.23. The molecule has 0 saturated heterocycles. The third-order valence-electron chi connectivity index (χ3n) is 4.50. The Morgan fingerprint density at radius 2 is 1.77 bits per heavy atom. The highest BCUT2D eigenvalue weighted by atomic mass is 16.5. The van der Waals surface area contributed by atoms with Gasteiger partial charge in [0.1, 0.15) is 5.92 Å². The zero-order valence-electron chi connectivity index (χ0n) is 13.6. The van der Waals surface area contributed by atoms with Gasteiger partial charge < -0.3 is 9.72 Å². The van der Waals surface area contributed by atoms with Crippen LogP contribution in [0.3, 0.4) is 0 Å². The van der Waals surface area contributed by atoms with Crippen molar-refractivity contribution in [3.8, 4) is 23.1 Å². The Morgan fingerprint density at radius 3 is 2.46 bits per heavy atom. The van der Waals surface area contributed by atoms with Crippen molar-refractivity contribution in [3.63, 3.8) is 0 Å². The topological polar surface area (TPSA) is 103 Å². The largest absolute Gasteiger partial charge is 0.423 e. The molecule has 2 heterocycles. The lowest BCUT2D eigenvalue weighted by Gasteiger charge is -2.28. The van der Waals surface area contributed by atoms with Gasteiger partial charge in [0.25, 0.3) is 5.56 Å². The molecule has 1 aliphatic heterocycles. The lowest BCUT2D eigenvalue weighted by Crippen LogP contribution is -2.35. The Morgan fingerprint density at radius 1 is 1.08 bits per heavy atom. The van der Waals surface area contributed by atoms with Gasteiger partial charge in [0, 0.05) is 5.92 Å². The van der Waals surface area contributed by atoms with Crippen LogP contribution in [0.4, 0.5) is 0 Å². The first-order valence-corrected chi connectivity index (χ1v) is 8.08. The van der Waals surface area contributed by atoms with E-state index in [4.69, 9.17) is 10.1 Å². The van der Waals surface area contributed by atoms with E-state index in [0.29, 0.717) is 0 Å². The smallest absolute Gasteiger partial charge is 0.258 e. The molecule has 0 aliphatic carbocycles. The molecule has 6 heteroatoms. The molecule has 2 N–H and O–H groups in total. The van der Waals surface area contributed by atoms with Crippen LogP contribution in [0, 0.1) is 22.7 Å². The standard InChI is InChI=1S/C20H14N4O2/c21-10-15-16(17-19(25)23-11-24-20(17)26-18(15)22)14-8-6-13(7-9-14)12-4-2-1-3-5-12/h1-9,11,15-16,22H,(H,23,24,25). The number of nitriles is 1. The first kappa shape index (κ1) is 15.8. The molecule has 0 bridgehead atoms. The van der Waals surface area contributed by atoms with Gasteiger partial charge in [-0.15, -0.1) is 0 Å². The first-order chi connectivity index (χ1) is 12.7. The van der Waals surface area contributed by atoms with Crippen molar-refractivity contribution in [2.75, 3.05) is 0 Å². The van der Waals surface area contributed by atoms with Crippen LogP contribution in [0.15, 0.2) is 65.7 Å². The molecule has 2 unspecified atom stereocenters. The highest BCUT2D eigenvalue weighted by molar-refractivity contribution is 5.84. The van der Waals surface area contributed by atoms with Crippen LogP contribution in [0.5, 0.6) is 5.88 Å². The number of hydrogen-bond acceptors (Lipinski definition) is 5. The monoisotopic (exact) mass is 342 g/mol. The normalized spacial score (nSPS) is 18.5. The molecule has 0 radical (unpaired) electrons. The maximum Gasteiger partial charge on any atom is 0.258 e. The second kappa shape index (κ2) is 6.30. The van der Waals surface area contributed by atoms with Crippen LogP contribution in [-0.4, -0.2) is 15.9 Å². The van der Waals surface area contributed by atoms with Crippen molar-refractivity contribution in [1.29, 1.82) is 10.7 Å². The van der Waals surface area contributed by atoms with Crippen LogP contribution in [0.1, 0.15) is 17.0 Å². The van der Waals surface area contributed by atoms with Gasteiger partial charge in [0.2, 0.25) is 11.8 Å². The number of fused-ring (bicyclic) bond motifs is 1. The molecule has 0 saturated carbocycles. The summed E-state index contributed by atoms with van der Waals surface area (Å²) in [7, 11) is 0. The van der Waals surface area contributed by atoms with Gasteiger partial charge in [0.15, 0.2) is 0 Å². The van der Waals surface area contributed by atoms with Crippen LogP contribution in [0.25, 0.3) is 11.1 Å². The summed E-state index contributed by atoms with van der Waals surface area (Å²) >= 11 is 0. The number of benzene rings is 2. The van der Waals surface area contributed by atoms with E-state index in [0.717, 1.165) is 16.7 Å². The van der Waals surface area contributed by atoms with Gasteiger partial charge in [-0.2, -0.15) is 5.26 Å². The molecule has 0 spiro atoms. The SMILES string of the molecule is N#CC1C(=N)Oc2nc[nH]c(=O)c2C1c1ccc(-c2ccccc2)cc1. The maximum atomic E-state index is 12.3. The third-order valence-corrected chi connectivity index (χ3v) is 4.50. The van der Waals surface area contributed by atoms with Crippen molar-refractivity contribution in [1.82, 2.24) is 9.97 Å². The number of hydrogen-bond donors (Lipinski definition) is 2.